The van der Waals surface area contributed by atoms with Crippen LogP contribution in [0.15, 0.2) is 48.5 Å². The molecule has 0 radical (unpaired) electrons. The van der Waals surface area contributed by atoms with E-state index in [1.807, 2.05) is 55.5 Å². The number of nitrogens with zero attached hydrogens (tertiary/aromatic N) is 3. The van der Waals surface area contributed by atoms with Crippen LogP contribution in [0.2, 0.25) is 0 Å². The van der Waals surface area contributed by atoms with E-state index < -0.39 is 0 Å². The van der Waals surface area contributed by atoms with E-state index >= 15 is 0 Å². The van der Waals surface area contributed by atoms with E-state index in [9.17, 15) is 4.79 Å². The van der Waals surface area contributed by atoms with Gasteiger partial charge in [-0.2, -0.15) is 0 Å². The molecule has 3 aromatic rings. The molecule has 2 aromatic carbocycles. The number of fused-ring (bicyclic) bond motifs is 1. The van der Waals surface area contributed by atoms with Gasteiger partial charge in [-0.05, 0) is 56.4 Å². The maximum atomic E-state index is 13.1. The molecule has 0 spiro atoms. The molecule has 1 heterocycles. The van der Waals surface area contributed by atoms with E-state index in [0.29, 0.717) is 24.0 Å². The lowest BCUT2D eigenvalue weighted by Gasteiger charge is -2.24. The van der Waals surface area contributed by atoms with E-state index in [1.165, 1.54) is 11.3 Å². The summed E-state index contributed by atoms with van der Waals surface area (Å²) in [6, 6.07) is 15.3. The second kappa shape index (κ2) is 10.9. The zero-order valence-electron chi connectivity index (χ0n) is 17.8. The van der Waals surface area contributed by atoms with Gasteiger partial charge in [0.1, 0.15) is 11.5 Å². The first-order chi connectivity index (χ1) is 14.6. The van der Waals surface area contributed by atoms with Gasteiger partial charge in [0.15, 0.2) is 11.7 Å². The molecule has 0 saturated carbocycles. The number of anilines is 1. The van der Waals surface area contributed by atoms with Crippen LogP contribution in [-0.4, -0.2) is 55.2 Å². The van der Waals surface area contributed by atoms with Crippen LogP contribution in [0, 0.1) is 0 Å². The van der Waals surface area contributed by atoms with Gasteiger partial charge in [-0.15, -0.1) is 0 Å². The molecular formula is C23H29N3O3S. The Morgan fingerprint density at radius 3 is 2.23 bits per heavy atom. The number of amides is 1. The fraction of sp³-hybridized carbons (Fsp3) is 0.391. The van der Waals surface area contributed by atoms with E-state index in [1.54, 1.807) is 4.90 Å². The average Bonchev–Trinajstić information content (AvgIpc) is 3.20. The summed E-state index contributed by atoms with van der Waals surface area (Å²) < 4.78 is 12.3. The Morgan fingerprint density at radius 2 is 1.60 bits per heavy atom. The first-order valence-corrected chi connectivity index (χ1v) is 11.2. The highest BCUT2D eigenvalue weighted by molar-refractivity contribution is 7.22. The highest BCUT2D eigenvalue weighted by Crippen LogP contribution is 2.29. The number of carbonyl (C=O) groups excluding carboxylic acids is 1. The molecule has 7 heteroatoms. The van der Waals surface area contributed by atoms with Crippen molar-refractivity contribution >= 4 is 32.6 Å². The monoisotopic (exact) mass is 427 g/mol. The predicted molar refractivity (Wildman–Crippen MR) is 123 cm³/mol. The number of hydrogen-bond donors (Lipinski definition) is 0. The number of thiazole rings is 1. The standard InChI is InChI=1S/C23H29N3O3S/c1-4-25(5-2)15-16-26(23-24-20-9-7-8-10-21(20)30-23)22(27)17-29-19-13-11-18(12-14-19)28-6-3/h7-14H,4-6,15-17H2,1-3H3. The van der Waals surface area contributed by atoms with Crippen LogP contribution in [0.25, 0.3) is 10.2 Å². The predicted octanol–water partition coefficient (Wildman–Crippen LogP) is 4.45. The van der Waals surface area contributed by atoms with Crippen LogP contribution in [0.1, 0.15) is 20.8 Å². The van der Waals surface area contributed by atoms with Gasteiger partial charge in [0.25, 0.3) is 5.91 Å². The molecule has 0 atom stereocenters. The van der Waals surface area contributed by atoms with Gasteiger partial charge in [-0.3, -0.25) is 9.69 Å². The lowest BCUT2D eigenvalue weighted by Crippen LogP contribution is -2.41. The second-order valence-corrected chi connectivity index (χ2v) is 7.74. The normalized spacial score (nSPS) is 11.1. The third-order valence-corrected chi connectivity index (χ3v) is 5.91. The Hall–Kier alpha value is -2.64. The summed E-state index contributed by atoms with van der Waals surface area (Å²) in [5, 5.41) is 0.712. The maximum absolute atomic E-state index is 13.1. The van der Waals surface area contributed by atoms with Crippen molar-refractivity contribution in [2.45, 2.75) is 20.8 Å². The molecule has 1 aromatic heterocycles. The molecule has 0 aliphatic rings. The van der Waals surface area contributed by atoms with Crippen molar-refractivity contribution < 1.29 is 14.3 Å². The number of hydrogen-bond acceptors (Lipinski definition) is 6. The number of carbonyl (C=O) groups is 1. The zero-order chi connectivity index (χ0) is 21.3. The van der Waals surface area contributed by atoms with Crippen LogP contribution < -0.4 is 14.4 Å². The smallest absolute Gasteiger partial charge is 0.266 e. The van der Waals surface area contributed by atoms with Gasteiger partial charge >= 0.3 is 0 Å². The van der Waals surface area contributed by atoms with Crippen LogP contribution >= 0.6 is 11.3 Å². The largest absolute Gasteiger partial charge is 0.494 e. The number of para-hydroxylation sites is 1. The minimum Gasteiger partial charge on any atom is -0.494 e. The lowest BCUT2D eigenvalue weighted by atomic mass is 10.3. The topological polar surface area (TPSA) is 54.9 Å². The van der Waals surface area contributed by atoms with Gasteiger partial charge < -0.3 is 14.4 Å². The Kier molecular flexibility index (Phi) is 8.04. The molecular weight excluding hydrogens is 398 g/mol. The molecule has 6 nitrogen and oxygen atoms in total. The van der Waals surface area contributed by atoms with E-state index in [2.05, 4.69) is 23.7 Å². The maximum Gasteiger partial charge on any atom is 0.266 e. The summed E-state index contributed by atoms with van der Waals surface area (Å²) in [5.74, 6) is 1.32. The molecule has 30 heavy (non-hydrogen) atoms. The summed E-state index contributed by atoms with van der Waals surface area (Å²) in [7, 11) is 0. The summed E-state index contributed by atoms with van der Waals surface area (Å²) >= 11 is 1.53. The highest BCUT2D eigenvalue weighted by Gasteiger charge is 2.21. The van der Waals surface area contributed by atoms with Crippen molar-refractivity contribution in [2.24, 2.45) is 0 Å². The summed E-state index contributed by atoms with van der Waals surface area (Å²) in [6.45, 7) is 10.0. The van der Waals surface area contributed by atoms with Crippen molar-refractivity contribution in [2.75, 3.05) is 44.3 Å². The van der Waals surface area contributed by atoms with Crippen molar-refractivity contribution in [1.29, 1.82) is 0 Å². The van der Waals surface area contributed by atoms with Crippen LogP contribution in [0.5, 0.6) is 11.5 Å². The Bertz CT molecular complexity index is 905. The minimum absolute atomic E-state index is 0.0395. The molecule has 0 saturated heterocycles. The number of benzene rings is 2. The average molecular weight is 428 g/mol. The zero-order valence-corrected chi connectivity index (χ0v) is 18.7. The second-order valence-electron chi connectivity index (χ2n) is 6.73. The minimum atomic E-state index is -0.102. The van der Waals surface area contributed by atoms with Crippen molar-refractivity contribution in [3.8, 4) is 11.5 Å². The molecule has 0 unspecified atom stereocenters. The van der Waals surface area contributed by atoms with E-state index in [4.69, 9.17) is 9.47 Å². The summed E-state index contributed by atoms with van der Waals surface area (Å²) in [5.41, 5.74) is 0.908. The van der Waals surface area contributed by atoms with Gasteiger partial charge in [0, 0.05) is 13.1 Å². The first kappa shape index (κ1) is 22.1. The quantitative estimate of drug-likeness (QED) is 0.453. The van der Waals surface area contributed by atoms with Crippen molar-refractivity contribution in [1.82, 2.24) is 9.88 Å². The Morgan fingerprint density at radius 1 is 0.933 bits per heavy atom. The lowest BCUT2D eigenvalue weighted by molar-refractivity contribution is -0.120. The molecule has 160 valence electrons. The summed E-state index contributed by atoms with van der Waals surface area (Å²) in [4.78, 5) is 21.8. The Labute approximate surface area is 182 Å². The van der Waals surface area contributed by atoms with Crippen molar-refractivity contribution in [3.63, 3.8) is 0 Å². The van der Waals surface area contributed by atoms with Gasteiger partial charge in [0.2, 0.25) is 0 Å². The van der Waals surface area contributed by atoms with Crippen LogP contribution in [0.3, 0.4) is 0 Å². The van der Waals surface area contributed by atoms with E-state index in [-0.39, 0.29) is 12.5 Å². The fourth-order valence-corrected chi connectivity index (χ4v) is 4.11. The SMILES string of the molecule is CCOc1ccc(OCC(=O)N(CCN(CC)CC)c2nc3ccccc3s2)cc1. The molecule has 1 amide bonds. The summed E-state index contributed by atoms with van der Waals surface area (Å²) in [6.07, 6.45) is 0. The van der Waals surface area contributed by atoms with Gasteiger partial charge in [0.05, 0.1) is 16.8 Å². The number of ether oxygens (including phenoxy) is 2. The molecule has 0 bridgehead atoms. The van der Waals surface area contributed by atoms with Gasteiger partial charge in [-0.25, -0.2) is 4.98 Å². The van der Waals surface area contributed by atoms with E-state index in [0.717, 1.165) is 35.6 Å². The molecule has 0 aliphatic heterocycles. The third-order valence-electron chi connectivity index (χ3n) is 4.85. The molecule has 0 aliphatic carbocycles. The third kappa shape index (κ3) is 5.70. The fourth-order valence-electron chi connectivity index (χ4n) is 3.11. The Balaban J connectivity index is 1.72. The first-order valence-electron chi connectivity index (χ1n) is 10.4. The number of likely N-dealkylation sites (N-methyl/N-ethyl adjacent to an activating group) is 1. The number of aromatic nitrogens is 1. The number of rotatable bonds is 11. The molecule has 3 rings (SSSR count). The highest BCUT2D eigenvalue weighted by atomic mass is 32.1. The van der Waals surface area contributed by atoms with Crippen LogP contribution in [-0.2, 0) is 4.79 Å². The van der Waals surface area contributed by atoms with Crippen molar-refractivity contribution in [3.05, 3.63) is 48.5 Å². The van der Waals surface area contributed by atoms with Crippen LogP contribution in [0.4, 0.5) is 5.13 Å². The van der Waals surface area contributed by atoms with Gasteiger partial charge in [-0.1, -0.05) is 37.3 Å². The molecule has 0 fully saturated rings. The molecule has 0 N–H and O–H groups in total.